The zero-order valence-electron chi connectivity index (χ0n) is 11.8. The van der Waals surface area contributed by atoms with E-state index >= 15 is 0 Å². The number of benzene rings is 1. The van der Waals surface area contributed by atoms with Crippen LogP contribution in [0, 0.1) is 0 Å². The normalized spacial score (nSPS) is 10.6. The third kappa shape index (κ3) is 3.43. The first-order valence-electron chi connectivity index (χ1n) is 6.61. The Morgan fingerprint density at radius 3 is 2.50 bits per heavy atom. The number of hydrogen-bond donors (Lipinski definition) is 1. The van der Waals surface area contributed by atoms with Gasteiger partial charge in [-0.3, -0.25) is 4.79 Å². The van der Waals surface area contributed by atoms with Crippen molar-refractivity contribution in [3.8, 4) is 0 Å². The van der Waals surface area contributed by atoms with Crippen LogP contribution in [-0.2, 0) is 19.5 Å². The molecule has 0 aliphatic heterocycles. The highest BCUT2D eigenvalue weighted by atomic mass is 32.1. The van der Waals surface area contributed by atoms with Crippen LogP contribution in [0.5, 0.6) is 0 Å². The maximum absolute atomic E-state index is 12.2. The lowest BCUT2D eigenvalue weighted by atomic mass is 10.1. The second kappa shape index (κ2) is 6.63. The number of rotatable bonds is 5. The summed E-state index contributed by atoms with van der Waals surface area (Å²) in [6.45, 7) is 3.08. The lowest BCUT2D eigenvalue weighted by Gasteiger charge is -2.16. The molecule has 2 rings (SSSR count). The van der Waals surface area contributed by atoms with Crippen LogP contribution >= 0.6 is 11.3 Å². The van der Waals surface area contributed by atoms with E-state index in [1.165, 1.54) is 16.9 Å². The molecule has 1 heterocycles. The quantitative estimate of drug-likeness (QED) is 0.919. The van der Waals surface area contributed by atoms with Gasteiger partial charge in [-0.2, -0.15) is 0 Å². The van der Waals surface area contributed by atoms with Crippen molar-refractivity contribution >= 4 is 17.2 Å². The molecule has 0 fully saturated rings. The second-order valence-corrected chi connectivity index (χ2v) is 5.60. The van der Waals surface area contributed by atoms with Crippen molar-refractivity contribution in [3.05, 3.63) is 51.5 Å². The SMILES string of the molecule is CCc1ccc(CN(C)C(=O)c2csc(CN)n2)cc1. The summed E-state index contributed by atoms with van der Waals surface area (Å²) in [5.41, 5.74) is 8.41. The van der Waals surface area contributed by atoms with Crippen LogP contribution in [0.1, 0.15) is 33.5 Å². The summed E-state index contributed by atoms with van der Waals surface area (Å²) < 4.78 is 0. The van der Waals surface area contributed by atoms with Gasteiger partial charge >= 0.3 is 0 Å². The first-order valence-corrected chi connectivity index (χ1v) is 7.49. The van der Waals surface area contributed by atoms with E-state index in [2.05, 4.69) is 36.2 Å². The van der Waals surface area contributed by atoms with Crippen molar-refractivity contribution in [2.75, 3.05) is 7.05 Å². The summed E-state index contributed by atoms with van der Waals surface area (Å²) in [6, 6.07) is 8.33. The molecule has 0 aliphatic carbocycles. The number of amides is 1. The van der Waals surface area contributed by atoms with Crippen LogP contribution in [0.25, 0.3) is 0 Å². The molecule has 1 aromatic heterocycles. The zero-order chi connectivity index (χ0) is 14.5. The maximum Gasteiger partial charge on any atom is 0.273 e. The highest BCUT2D eigenvalue weighted by Crippen LogP contribution is 2.13. The van der Waals surface area contributed by atoms with Crippen LogP contribution in [0.15, 0.2) is 29.6 Å². The molecule has 5 heteroatoms. The molecule has 0 bridgehead atoms. The fraction of sp³-hybridized carbons (Fsp3) is 0.333. The van der Waals surface area contributed by atoms with E-state index in [4.69, 9.17) is 5.73 Å². The summed E-state index contributed by atoms with van der Waals surface area (Å²) in [4.78, 5) is 18.1. The molecular formula is C15H19N3OS. The zero-order valence-corrected chi connectivity index (χ0v) is 12.6. The molecule has 0 radical (unpaired) electrons. The number of nitrogens with two attached hydrogens (primary N) is 1. The molecule has 0 saturated heterocycles. The van der Waals surface area contributed by atoms with E-state index < -0.39 is 0 Å². The molecule has 20 heavy (non-hydrogen) atoms. The van der Waals surface area contributed by atoms with Gasteiger partial charge in [0.05, 0.1) is 0 Å². The molecule has 2 aromatic rings. The number of hydrogen-bond acceptors (Lipinski definition) is 4. The van der Waals surface area contributed by atoms with Gasteiger partial charge in [0.2, 0.25) is 0 Å². The molecule has 0 unspecified atom stereocenters. The Balaban J connectivity index is 2.02. The smallest absolute Gasteiger partial charge is 0.273 e. The standard InChI is InChI=1S/C15H19N3OS/c1-3-11-4-6-12(7-5-11)9-18(2)15(19)13-10-20-14(8-16)17-13/h4-7,10H,3,8-9,16H2,1-2H3. The fourth-order valence-corrected chi connectivity index (χ4v) is 2.57. The monoisotopic (exact) mass is 289 g/mol. The van der Waals surface area contributed by atoms with Gasteiger partial charge in [0.15, 0.2) is 0 Å². The summed E-state index contributed by atoms with van der Waals surface area (Å²) in [5, 5.41) is 2.55. The number of nitrogens with zero attached hydrogens (tertiary/aromatic N) is 2. The molecule has 1 aromatic carbocycles. The topological polar surface area (TPSA) is 59.2 Å². The summed E-state index contributed by atoms with van der Waals surface area (Å²) in [5.74, 6) is -0.0690. The number of aromatic nitrogens is 1. The predicted molar refractivity (Wildman–Crippen MR) is 81.6 cm³/mol. The third-order valence-corrected chi connectivity index (χ3v) is 4.01. The Morgan fingerprint density at radius 2 is 1.95 bits per heavy atom. The van der Waals surface area contributed by atoms with E-state index in [1.54, 1.807) is 17.3 Å². The minimum absolute atomic E-state index is 0.0690. The number of thiazole rings is 1. The largest absolute Gasteiger partial charge is 0.336 e. The van der Waals surface area contributed by atoms with Crippen molar-refractivity contribution in [1.29, 1.82) is 0 Å². The minimum Gasteiger partial charge on any atom is -0.336 e. The Labute approximate surface area is 123 Å². The number of carbonyl (C=O) groups is 1. The Morgan fingerprint density at radius 1 is 1.30 bits per heavy atom. The molecule has 1 amide bonds. The molecule has 0 atom stereocenters. The first-order chi connectivity index (χ1) is 9.63. The lowest BCUT2D eigenvalue weighted by Crippen LogP contribution is -2.26. The van der Waals surface area contributed by atoms with Crippen LogP contribution in [0.3, 0.4) is 0 Å². The molecular weight excluding hydrogens is 270 g/mol. The van der Waals surface area contributed by atoms with Gasteiger partial charge in [0.1, 0.15) is 10.7 Å². The van der Waals surface area contributed by atoms with Gasteiger partial charge in [0.25, 0.3) is 5.91 Å². The highest BCUT2D eigenvalue weighted by Gasteiger charge is 2.15. The predicted octanol–water partition coefficient (Wildman–Crippen LogP) is 2.44. The van der Waals surface area contributed by atoms with E-state index in [0.29, 0.717) is 18.8 Å². The van der Waals surface area contributed by atoms with E-state index in [0.717, 1.165) is 17.0 Å². The molecule has 0 aliphatic rings. The second-order valence-electron chi connectivity index (χ2n) is 4.66. The average Bonchev–Trinajstić information content (AvgIpc) is 2.96. The first kappa shape index (κ1) is 14.7. The molecule has 106 valence electrons. The van der Waals surface area contributed by atoms with E-state index in [-0.39, 0.29) is 5.91 Å². The third-order valence-electron chi connectivity index (χ3n) is 3.14. The number of aryl methyl sites for hydroxylation is 1. The summed E-state index contributed by atoms with van der Waals surface area (Å²) in [6.07, 6.45) is 1.02. The number of carbonyl (C=O) groups excluding carboxylic acids is 1. The van der Waals surface area contributed by atoms with E-state index in [9.17, 15) is 4.79 Å². The Bertz CT molecular complexity index is 577. The Kier molecular flexibility index (Phi) is 4.87. The highest BCUT2D eigenvalue weighted by molar-refractivity contribution is 7.09. The Hall–Kier alpha value is -1.72. The summed E-state index contributed by atoms with van der Waals surface area (Å²) in [7, 11) is 1.79. The maximum atomic E-state index is 12.2. The fourth-order valence-electron chi connectivity index (χ4n) is 1.92. The minimum atomic E-state index is -0.0690. The molecule has 0 saturated carbocycles. The van der Waals surface area contributed by atoms with Crippen LogP contribution in [0.4, 0.5) is 0 Å². The van der Waals surface area contributed by atoms with Gasteiger partial charge < -0.3 is 10.6 Å². The van der Waals surface area contributed by atoms with Gasteiger partial charge in [-0.1, -0.05) is 31.2 Å². The van der Waals surface area contributed by atoms with Crippen molar-refractivity contribution in [1.82, 2.24) is 9.88 Å². The van der Waals surface area contributed by atoms with Gasteiger partial charge in [-0.25, -0.2) is 4.98 Å². The molecule has 4 nitrogen and oxygen atoms in total. The average molecular weight is 289 g/mol. The molecule has 2 N–H and O–H groups in total. The van der Waals surface area contributed by atoms with Crippen molar-refractivity contribution in [2.45, 2.75) is 26.4 Å². The van der Waals surface area contributed by atoms with Crippen LogP contribution in [0.2, 0.25) is 0 Å². The lowest BCUT2D eigenvalue weighted by molar-refractivity contribution is 0.0780. The van der Waals surface area contributed by atoms with Crippen molar-refractivity contribution < 1.29 is 4.79 Å². The van der Waals surface area contributed by atoms with Gasteiger partial charge in [0, 0.05) is 25.5 Å². The van der Waals surface area contributed by atoms with Gasteiger partial charge in [-0.15, -0.1) is 11.3 Å². The van der Waals surface area contributed by atoms with Gasteiger partial charge in [-0.05, 0) is 17.5 Å². The molecule has 0 spiro atoms. The van der Waals surface area contributed by atoms with Crippen molar-refractivity contribution in [2.24, 2.45) is 5.73 Å². The summed E-state index contributed by atoms with van der Waals surface area (Å²) >= 11 is 1.42. The van der Waals surface area contributed by atoms with E-state index in [1.807, 2.05) is 0 Å². The van der Waals surface area contributed by atoms with Crippen LogP contribution in [-0.4, -0.2) is 22.8 Å². The van der Waals surface area contributed by atoms with Crippen LogP contribution < -0.4 is 5.73 Å². The van der Waals surface area contributed by atoms with Crippen molar-refractivity contribution in [3.63, 3.8) is 0 Å².